The van der Waals surface area contributed by atoms with Gasteiger partial charge in [-0.3, -0.25) is 0 Å². The summed E-state index contributed by atoms with van der Waals surface area (Å²) in [4.78, 5) is 23.8. The number of isocyanates is 1. The maximum absolute atomic E-state index is 10.6. The zero-order valence-electron chi connectivity index (χ0n) is 8.25. The number of carboxylic acids is 1. The Morgan fingerprint density at radius 1 is 1.38 bits per heavy atom. The first kappa shape index (κ1) is 13.8. The maximum atomic E-state index is 10.6. The first-order chi connectivity index (χ1) is 7.13. The summed E-state index contributed by atoms with van der Waals surface area (Å²) < 4.78 is 0. The molecule has 0 spiro atoms. The Labute approximate surface area is 91.2 Å². The van der Waals surface area contributed by atoms with Crippen LogP contribution >= 0.6 is 0 Å². The highest BCUT2D eigenvalue weighted by molar-refractivity contribution is 5.75. The lowest BCUT2D eigenvalue weighted by Crippen LogP contribution is -2.20. The van der Waals surface area contributed by atoms with Gasteiger partial charge in [-0.05, 0) is 17.7 Å². The molecule has 0 saturated heterocycles. The first-order valence-corrected chi connectivity index (χ1v) is 4.21. The van der Waals surface area contributed by atoms with Crippen molar-refractivity contribution in [1.29, 1.82) is 0 Å². The number of carboxylic acid groups (broad SMARTS) is 1. The van der Waals surface area contributed by atoms with Crippen LogP contribution in [0.15, 0.2) is 29.3 Å². The summed E-state index contributed by atoms with van der Waals surface area (Å²) in [5, 5.41) is 17.7. The van der Waals surface area contributed by atoms with Crippen molar-refractivity contribution >= 4 is 12.0 Å². The molecule has 0 saturated carbocycles. The average molecular weight is 225 g/mol. The number of aliphatic imine (C=N–C) groups is 1. The highest BCUT2D eigenvalue weighted by atomic mass is 16.4. The van der Waals surface area contributed by atoms with Gasteiger partial charge >= 0.3 is 5.97 Å². The molecule has 0 heterocycles. The van der Waals surface area contributed by atoms with Crippen LogP contribution in [0.3, 0.4) is 0 Å². The molecule has 0 fully saturated rings. The molecule has 1 rings (SSSR count). The molecule has 1 unspecified atom stereocenters. The van der Waals surface area contributed by atoms with E-state index in [1.807, 2.05) is 0 Å². The molecule has 0 bridgehead atoms. The summed E-state index contributed by atoms with van der Waals surface area (Å²) in [6, 6.07) is 4.92. The second-order valence-corrected chi connectivity index (χ2v) is 2.94. The van der Waals surface area contributed by atoms with Gasteiger partial charge < -0.3 is 15.7 Å². The predicted molar refractivity (Wildman–Crippen MR) is 55.0 cm³/mol. The molecule has 0 radical (unpaired) electrons. The van der Waals surface area contributed by atoms with E-state index in [0.29, 0.717) is 5.56 Å². The summed E-state index contributed by atoms with van der Waals surface area (Å²) in [5.74, 6) is -1.07. The molecule has 0 aliphatic heterocycles. The number of nitrogens with zero attached hydrogens (tertiary/aromatic N) is 1. The third kappa shape index (κ3) is 3.91. The predicted octanol–water partition coefficient (Wildman–Crippen LogP) is -0.101. The van der Waals surface area contributed by atoms with Gasteiger partial charge in [-0.25, -0.2) is 9.59 Å². The van der Waals surface area contributed by atoms with Crippen LogP contribution in [0.4, 0.5) is 0 Å². The standard InChI is InChI=1S/C10H9NO4.H2O/c12-6-11-9(10(14)15)5-7-1-3-8(13)4-2-7;/h1-4,9,13H,5H2,(H,14,15);1H2. The maximum Gasteiger partial charge on any atom is 0.329 e. The minimum Gasteiger partial charge on any atom is -0.508 e. The van der Waals surface area contributed by atoms with Gasteiger partial charge in [0.2, 0.25) is 6.08 Å². The molecular weight excluding hydrogens is 214 g/mol. The number of carbonyl (C=O) groups excluding carboxylic acids is 1. The minimum atomic E-state index is -1.17. The van der Waals surface area contributed by atoms with Crippen LogP contribution in [0.25, 0.3) is 0 Å². The molecule has 0 amide bonds. The zero-order valence-corrected chi connectivity index (χ0v) is 8.25. The fraction of sp³-hybridized carbons (Fsp3) is 0.200. The van der Waals surface area contributed by atoms with E-state index >= 15 is 0 Å². The molecule has 16 heavy (non-hydrogen) atoms. The lowest BCUT2D eigenvalue weighted by molar-refractivity contribution is -0.138. The van der Waals surface area contributed by atoms with Crippen molar-refractivity contribution in [2.75, 3.05) is 0 Å². The molecule has 4 N–H and O–H groups in total. The highest BCUT2D eigenvalue weighted by Crippen LogP contribution is 2.12. The molecule has 6 heteroatoms. The molecule has 86 valence electrons. The van der Waals surface area contributed by atoms with Gasteiger partial charge in [-0.2, -0.15) is 4.99 Å². The van der Waals surface area contributed by atoms with Gasteiger partial charge in [-0.15, -0.1) is 0 Å². The largest absolute Gasteiger partial charge is 0.508 e. The minimum absolute atomic E-state index is 0. The van der Waals surface area contributed by atoms with E-state index in [0.717, 1.165) is 0 Å². The van der Waals surface area contributed by atoms with E-state index < -0.39 is 12.0 Å². The SMILES string of the molecule is O.O=C=NC(Cc1ccc(O)cc1)C(=O)O. The molecule has 1 aromatic rings. The van der Waals surface area contributed by atoms with Crippen molar-refractivity contribution in [1.82, 2.24) is 0 Å². The van der Waals surface area contributed by atoms with Crippen LogP contribution in [0.2, 0.25) is 0 Å². The topological polar surface area (TPSA) is 118 Å². The van der Waals surface area contributed by atoms with Gasteiger partial charge in [0.05, 0.1) is 0 Å². The van der Waals surface area contributed by atoms with Crippen molar-refractivity contribution in [3.05, 3.63) is 29.8 Å². The Bertz CT molecular complexity index is 392. The molecule has 6 nitrogen and oxygen atoms in total. The first-order valence-electron chi connectivity index (χ1n) is 4.21. The van der Waals surface area contributed by atoms with Gasteiger partial charge in [0.25, 0.3) is 0 Å². The molecule has 0 aliphatic carbocycles. The van der Waals surface area contributed by atoms with Crippen LogP contribution in [0.5, 0.6) is 5.75 Å². The fourth-order valence-electron chi connectivity index (χ4n) is 1.11. The Morgan fingerprint density at radius 2 is 1.94 bits per heavy atom. The second kappa shape index (κ2) is 6.34. The van der Waals surface area contributed by atoms with Gasteiger partial charge in [0, 0.05) is 6.42 Å². The van der Waals surface area contributed by atoms with Crippen LogP contribution in [-0.2, 0) is 16.0 Å². The number of phenols is 1. The van der Waals surface area contributed by atoms with Crippen LogP contribution in [-0.4, -0.2) is 33.8 Å². The van der Waals surface area contributed by atoms with Crippen molar-refractivity contribution in [3.8, 4) is 5.75 Å². The lowest BCUT2D eigenvalue weighted by atomic mass is 10.1. The number of phenolic OH excluding ortho intramolecular Hbond substituents is 1. The Balaban J connectivity index is 0.00000225. The normalized spacial score (nSPS) is 10.8. The van der Waals surface area contributed by atoms with Crippen molar-refractivity contribution in [2.45, 2.75) is 12.5 Å². The zero-order chi connectivity index (χ0) is 11.3. The molecule has 1 atom stereocenters. The van der Waals surface area contributed by atoms with Crippen LogP contribution in [0, 0.1) is 0 Å². The van der Waals surface area contributed by atoms with Crippen molar-refractivity contribution in [2.24, 2.45) is 4.99 Å². The van der Waals surface area contributed by atoms with Crippen molar-refractivity contribution < 1.29 is 25.3 Å². The van der Waals surface area contributed by atoms with Crippen LogP contribution < -0.4 is 0 Å². The number of aromatic hydroxyl groups is 1. The number of carbonyl (C=O) groups is 1. The molecular formula is C10H11NO5. The van der Waals surface area contributed by atoms with E-state index in [2.05, 4.69) is 4.99 Å². The molecule has 0 aliphatic rings. The van der Waals surface area contributed by atoms with Gasteiger partial charge in [-0.1, -0.05) is 12.1 Å². The number of rotatable bonds is 4. The number of aliphatic carboxylic acids is 1. The molecule has 1 aromatic carbocycles. The average Bonchev–Trinajstić information content (AvgIpc) is 2.20. The summed E-state index contributed by atoms with van der Waals surface area (Å²) in [6.45, 7) is 0. The van der Waals surface area contributed by atoms with Gasteiger partial charge in [0.15, 0.2) is 6.04 Å². The highest BCUT2D eigenvalue weighted by Gasteiger charge is 2.16. The summed E-state index contributed by atoms with van der Waals surface area (Å²) in [7, 11) is 0. The van der Waals surface area contributed by atoms with Gasteiger partial charge in [0.1, 0.15) is 5.75 Å². The van der Waals surface area contributed by atoms with E-state index in [9.17, 15) is 9.59 Å². The monoisotopic (exact) mass is 225 g/mol. The lowest BCUT2D eigenvalue weighted by Gasteiger charge is -2.05. The van der Waals surface area contributed by atoms with Crippen molar-refractivity contribution in [3.63, 3.8) is 0 Å². The summed E-state index contributed by atoms with van der Waals surface area (Å²) in [5.41, 5.74) is 0.680. The molecule has 0 aromatic heterocycles. The second-order valence-electron chi connectivity index (χ2n) is 2.94. The quantitative estimate of drug-likeness (QED) is 0.549. The Hall–Kier alpha value is -2.17. The summed E-state index contributed by atoms with van der Waals surface area (Å²) >= 11 is 0. The van der Waals surface area contributed by atoms with Crippen LogP contribution in [0.1, 0.15) is 5.56 Å². The Kier molecular flexibility index (Phi) is 5.48. The van der Waals surface area contributed by atoms with E-state index in [4.69, 9.17) is 10.2 Å². The van der Waals surface area contributed by atoms with E-state index in [-0.39, 0.29) is 17.6 Å². The smallest absolute Gasteiger partial charge is 0.329 e. The Morgan fingerprint density at radius 3 is 2.38 bits per heavy atom. The van der Waals surface area contributed by atoms with E-state index in [1.165, 1.54) is 18.2 Å². The number of hydrogen-bond acceptors (Lipinski definition) is 4. The summed E-state index contributed by atoms with van der Waals surface area (Å²) in [6.07, 6.45) is 1.33. The number of benzene rings is 1. The third-order valence-corrected chi connectivity index (χ3v) is 1.86. The third-order valence-electron chi connectivity index (χ3n) is 1.86. The van der Waals surface area contributed by atoms with E-state index in [1.54, 1.807) is 12.1 Å². The number of hydrogen-bond donors (Lipinski definition) is 2. The fourth-order valence-corrected chi connectivity index (χ4v) is 1.11.